The first-order valence-corrected chi connectivity index (χ1v) is 5.75. The average Bonchev–Trinajstić information content (AvgIpc) is 2.24. The number of carbonyl (C=O) groups excluding carboxylic acids is 1. The SMILES string of the molecule is CCCN(CC)CC(NC)C(=O)OCC. The molecule has 0 aliphatic heterocycles. The number of likely N-dealkylation sites (N-methyl/N-ethyl adjacent to an activating group) is 2. The highest BCUT2D eigenvalue weighted by molar-refractivity contribution is 5.76. The minimum absolute atomic E-state index is 0.158. The molecule has 0 spiro atoms. The highest BCUT2D eigenvalue weighted by Gasteiger charge is 2.19. The molecule has 0 radical (unpaired) electrons. The number of ether oxygens (including phenoxy) is 1. The van der Waals surface area contributed by atoms with Crippen molar-refractivity contribution in [2.45, 2.75) is 33.2 Å². The van der Waals surface area contributed by atoms with Crippen molar-refractivity contribution in [1.82, 2.24) is 10.2 Å². The summed E-state index contributed by atoms with van der Waals surface area (Å²) in [7, 11) is 1.79. The van der Waals surface area contributed by atoms with Crippen LogP contribution in [-0.4, -0.2) is 50.2 Å². The van der Waals surface area contributed by atoms with Crippen LogP contribution in [0.5, 0.6) is 0 Å². The van der Waals surface area contributed by atoms with Crippen LogP contribution in [0, 0.1) is 0 Å². The molecule has 0 bridgehead atoms. The summed E-state index contributed by atoms with van der Waals surface area (Å²) < 4.78 is 4.99. The number of rotatable bonds is 8. The predicted molar refractivity (Wildman–Crippen MR) is 61.9 cm³/mol. The van der Waals surface area contributed by atoms with E-state index in [1.54, 1.807) is 7.05 Å². The summed E-state index contributed by atoms with van der Waals surface area (Å²) in [5.74, 6) is -0.158. The molecular weight excluding hydrogens is 192 g/mol. The fourth-order valence-corrected chi connectivity index (χ4v) is 1.48. The normalized spacial score (nSPS) is 12.9. The molecule has 1 atom stereocenters. The van der Waals surface area contributed by atoms with E-state index in [1.807, 2.05) is 6.92 Å². The molecule has 90 valence electrons. The zero-order valence-electron chi connectivity index (χ0n) is 10.4. The Labute approximate surface area is 93.0 Å². The van der Waals surface area contributed by atoms with E-state index in [4.69, 9.17) is 4.74 Å². The van der Waals surface area contributed by atoms with Gasteiger partial charge in [0.2, 0.25) is 0 Å². The number of hydrogen-bond donors (Lipinski definition) is 1. The van der Waals surface area contributed by atoms with E-state index in [0.717, 1.165) is 26.1 Å². The van der Waals surface area contributed by atoms with Crippen LogP contribution >= 0.6 is 0 Å². The molecule has 1 N–H and O–H groups in total. The smallest absolute Gasteiger partial charge is 0.324 e. The Morgan fingerprint density at radius 2 is 2.07 bits per heavy atom. The van der Waals surface area contributed by atoms with Crippen LogP contribution in [0.15, 0.2) is 0 Å². The second kappa shape index (κ2) is 8.68. The van der Waals surface area contributed by atoms with Crippen LogP contribution in [0.4, 0.5) is 0 Å². The monoisotopic (exact) mass is 216 g/mol. The number of esters is 1. The third-order valence-electron chi connectivity index (χ3n) is 2.35. The van der Waals surface area contributed by atoms with Crippen LogP contribution in [0.1, 0.15) is 27.2 Å². The fraction of sp³-hybridized carbons (Fsp3) is 0.909. The largest absolute Gasteiger partial charge is 0.465 e. The summed E-state index contributed by atoms with van der Waals surface area (Å²) in [5.41, 5.74) is 0. The second-order valence-electron chi connectivity index (χ2n) is 3.49. The van der Waals surface area contributed by atoms with Gasteiger partial charge in [-0.3, -0.25) is 4.79 Å². The molecule has 0 aromatic carbocycles. The van der Waals surface area contributed by atoms with Crippen molar-refractivity contribution >= 4 is 5.97 Å². The van der Waals surface area contributed by atoms with Crippen molar-refractivity contribution in [3.63, 3.8) is 0 Å². The number of nitrogens with one attached hydrogen (secondary N) is 1. The minimum atomic E-state index is -0.212. The van der Waals surface area contributed by atoms with Crippen molar-refractivity contribution < 1.29 is 9.53 Å². The lowest BCUT2D eigenvalue weighted by molar-refractivity contribution is -0.146. The molecule has 0 aromatic heterocycles. The first-order chi connectivity index (χ1) is 7.19. The van der Waals surface area contributed by atoms with Crippen molar-refractivity contribution in [2.24, 2.45) is 0 Å². The maximum absolute atomic E-state index is 11.5. The first kappa shape index (κ1) is 14.4. The molecule has 0 saturated carbocycles. The van der Waals surface area contributed by atoms with Gasteiger partial charge in [-0.25, -0.2) is 0 Å². The first-order valence-electron chi connectivity index (χ1n) is 5.75. The lowest BCUT2D eigenvalue weighted by Crippen LogP contribution is -2.45. The molecule has 4 nitrogen and oxygen atoms in total. The maximum Gasteiger partial charge on any atom is 0.324 e. The highest BCUT2D eigenvalue weighted by Crippen LogP contribution is 1.97. The highest BCUT2D eigenvalue weighted by atomic mass is 16.5. The Bertz CT molecular complexity index is 174. The Morgan fingerprint density at radius 1 is 1.40 bits per heavy atom. The van der Waals surface area contributed by atoms with E-state index < -0.39 is 0 Å². The van der Waals surface area contributed by atoms with E-state index in [0.29, 0.717) is 6.61 Å². The van der Waals surface area contributed by atoms with Crippen LogP contribution in [0.25, 0.3) is 0 Å². The molecule has 0 aliphatic rings. The molecule has 4 heteroatoms. The van der Waals surface area contributed by atoms with Gasteiger partial charge in [-0.1, -0.05) is 13.8 Å². The molecule has 0 aliphatic carbocycles. The molecule has 1 unspecified atom stereocenters. The van der Waals surface area contributed by atoms with Gasteiger partial charge in [0, 0.05) is 6.54 Å². The van der Waals surface area contributed by atoms with Gasteiger partial charge in [0.15, 0.2) is 0 Å². The van der Waals surface area contributed by atoms with Crippen LogP contribution in [0.2, 0.25) is 0 Å². The van der Waals surface area contributed by atoms with E-state index in [-0.39, 0.29) is 12.0 Å². The van der Waals surface area contributed by atoms with Gasteiger partial charge in [0.25, 0.3) is 0 Å². The molecule has 15 heavy (non-hydrogen) atoms. The summed E-state index contributed by atoms with van der Waals surface area (Å²) in [6, 6.07) is -0.212. The van der Waals surface area contributed by atoms with Crippen molar-refractivity contribution in [3.05, 3.63) is 0 Å². The van der Waals surface area contributed by atoms with Crippen molar-refractivity contribution in [3.8, 4) is 0 Å². The summed E-state index contributed by atoms with van der Waals surface area (Å²) in [6.45, 7) is 9.22. The quantitative estimate of drug-likeness (QED) is 0.611. The lowest BCUT2D eigenvalue weighted by atomic mass is 10.2. The Kier molecular flexibility index (Phi) is 8.33. The zero-order chi connectivity index (χ0) is 11.7. The van der Waals surface area contributed by atoms with E-state index >= 15 is 0 Å². The Balaban J connectivity index is 4.10. The van der Waals surface area contributed by atoms with Crippen LogP contribution in [-0.2, 0) is 9.53 Å². The molecule has 0 amide bonds. The van der Waals surface area contributed by atoms with Gasteiger partial charge in [0.1, 0.15) is 6.04 Å². The fourth-order valence-electron chi connectivity index (χ4n) is 1.48. The van der Waals surface area contributed by atoms with Gasteiger partial charge in [-0.2, -0.15) is 0 Å². The maximum atomic E-state index is 11.5. The van der Waals surface area contributed by atoms with Gasteiger partial charge in [-0.05, 0) is 33.5 Å². The number of hydrogen-bond acceptors (Lipinski definition) is 4. The van der Waals surface area contributed by atoms with Gasteiger partial charge < -0.3 is 15.0 Å². The van der Waals surface area contributed by atoms with E-state index in [1.165, 1.54) is 0 Å². The number of nitrogens with zero attached hydrogens (tertiary/aromatic N) is 1. The molecule has 0 heterocycles. The van der Waals surface area contributed by atoms with Gasteiger partial charge in [-0.15, -0.1) is 0 Å². The third kappa shape index (κ3) is 5.74. The third-order valence-corrected chi connectivity index (χ3v) is 2.35. The average molecular weight is 216 g/mol. The summed E-state index contributed by atoms with van der Waals surface area (Å²) in [6.07, 6.45) is 1.10. The number of carbonyl (C=O) groups is 1. The summed E-state index contributed by atoms with van der Waals surface area (Å²) in [5, 5.41) is 2.99. The summed E-state index contributed by atoms with van der Waals surface area (Å²) in [4.78, 5) is 13.8. The minimum Gasteiger partial charge on any atom is -0.465 e. The van der Waals surface area contributed by atoms with E-state index in [2.05, 4.69) is 24.1 Å². The van der Waals surface area contributed by atoms with Gasteiger partial charge in [0.05, 0.1) is 6.61 Å². The second-order valence-corrected chi connectivity index (χ2v) is 3.49. The molecule has 0 fully saturated rings. The van der Waals surface area contributed by atoms with Crippen molar-refractivity contribution in [1.29, 1.82) is 0 Å². The Morgan fingerprint density at radius 3 is 2.47 bits per heavy atom. The molecular formula is C11H24N2O2. The van der Waals surface area contributed by atoms with Crippen molar-refractivity contribution in [2.75, 3.05) is 33.3 Å². The lowest BCUT2D eigenvalue weighted by Gasteiger charge is -2.24. The zero-order valence-corrected chi connectivity index (χ0v) is 10.4. The molecule has 0 saturated heterocycles. The standard InChI is InChI=1S/C11H24N2O2/c1-5-8-13(6-2)9-10(12-4)11(14)15-7-3/h10,12H,5-9H2,1-4H3. The van der Waals surface area contributed by atoms with Crippen LogP contribution < -0.4 is 5.32 Å². The van der Waals surface area contributed by atoms with Crippen LogP contribution in [0.3, 0.4) is 0 Å². The van der Waals surface area contributed by atoms with Gasteiger partial charge >= 0.3 is 5.97 Å². The predicted octanol–water partition coefficient (Wildman–Crippen LogP) is 0.869. The topological polar surface area (TPSA) is 41.6 Å². The summed E-state index contributed by atoms with van der Waals surface area (Å²) >= 11 is 0. The Hall–Kier alpha value is -0.610. The molecule has 0 rings (SSSR count). The molecule has 0 aromatic rings. The van der Waals surface area contributed by atoms with E-state index in [9.17, 15) is 4.79 Å².